The van der Waals surface area contributed by atoms with Gasteiger partial charge >= 0.3 is 5.97 Å². The highest BCUT2D eigenvalue weighted by Crippen LogP contribution is 2.26. The van der Waals surface area contributed by atoms with Crippen molar-refractivity contribution >= 4 is 35.1 Å². The monoisotopic (exact) mass is 473 g/mol. The number of benzene rings is 2. The average molecular weight is 474 g/mol. The predicted octanol–water partition coefficient (Wildman–Crippen LogP) is 3.53. The fraction of sp³-hybridized carbons (Fsp3) is 0.222. The summed E-state index contributed by atoms with van der Waals surface area (Å²) in [6.45, 7) is 3.80. The Hall–Kier alpha value is -3.71. The van der Waals surface area contributed by atoms with E-state index in [0.29, 0.717) is 20.6 Å². The Morgan fingerprint density at radius 1 is 1.12 bits per heavy atom. The first-order chi connectivity index (χ1) is 16.4. The van der Waals surface area contributed by atoms with E-state index in [4.69, 9.17) is 4.74 Å². The van der Waals surface area contributed by atoms with Crippen LogP contribution < -0.4 is 19.8 Å². The van der Waals surface area contributed by atoms with Gasteiger partial charge in [0, 0.05) is 19.8 Å². The molecule has 2 heterocycles. The van der Waals surface area contributed by atoms with E-state index in [1.54, 1.807) is 18.4 Å². The zero-order valence-corrected chi connectivity index (χ0v) is 20.5. The second-order valence-electron chi connectivity index (χ2n) is 8.10. The molecule has 1 atom stereocenters. The lowest BCUT2D eigenvalue weighted by atomic mass is 10.0. The third kappa shape index (κ3) is 4.79. The van der Waals surface area contributed by atoms with Gasteiger partial charge in [-0.1, -0.05) is 66.0 Å². The number of carbonyl (C=O) groups excluding carboxylic acids is 1. The van der Waals surface area contributed by atoms with Crippen LogP contribution in [0.25, 0.3) is 12.2 Å². The number of allylic oxidation sites excluding steroid dienone is 2. The van der Waals surface area contributed by atoms with Crippen molar-refractivity contribution in [3.8, 4) is 0 Å². The highest BCUT2D eigenvalue weighted by molar-refractivity contribution is 7.07. The summed E-state index contributed by atoms with van der Waals surface area (Å²) in [5.74, 6) is -0.458. The van der Waals surface area contributed by atoms with E-state index in [1.807, 2.05) is 91.8 Å². The Morgan fingerprint density at radius 3 is 2.47 bits per heavy atom. The molecule has 0 N–H and O–H groups in total. The van der Waals surface area contributed by atoms with Gasteiger partial charge in [-0.15, -0.1) is 0 Å². The van der Waals surface area contributed by atoms with Crippen molar-refractivity contribution in [2.24, 2.45) is 4.99 Å². The molecule has 4 rings (SSSR count). The minimum Gasteiger partial charge on any atom is -0.463 e. The molecule has 1 aliphatic rings. The largest absolute Gasteiger partial charge is 0.463 e. The molecule has 0 spiro atoms. The highest BCUT2D eigenvalue weighted by atomic mass is 32.1. The fourth-order valence-electron chi connectivity index (χ4n) is 3.80. The molecule has 0 aliphatic carbocycles. The van der Waals surface area contributed by atoms with Crippen LogP contribution in [0.3, 0.4) is 0 Å². The molecule has 0 fully saturated rings. The number of anilines is 1. The van der Waals surface area contributed by atoms with Gasteiger partial charge in [-0.2, -0.15) is 0 Å². The second-order valence-corrected chi connectivity index (χ2v) is 9.11. The van der Waals surface area contributed by atoms with Crippen molar-refractivity contribution < 1.29 is 9.53 Å². The minimum atomic E-state index is -0.603. The number of carbonyl (C=O) groups is 1. The summed E-state index contributed by atoms with van der Waals surface area (Å²) in [4.78, 5) is 33.5. The first-order valence-electron chi connectivity index (χ1n) is 11.1. The molecule has 3 aromatic rings. The molecule has 174 valence electrons. The molecule has 6 nitrogen and oxygen atoms in total. The van der Waals surface area contributed by atoms with Crippen LogP contribution in [0.2, 0.25) is 0 Å². The maximum absolute atomic E-state index is 13.5. The molecule has 34 heavy (non-hydrogen) atoms. The van der Waals surface area contributed by atoms with Gasteiger partial charge in [0.05, 0.1) is 28.5 Å². The summed E-state index contributed by atoms with van der Waals surface area (Å²) in [5, 5.41) is 0. The standard InChI is InChI=1S/C27H27N3O3S/c1-5-33-26(32)24-18(2)28-27-30(22(24)16-13-19-9-7-6-8-10-19)25(31)23(34-27)17-20-11-14-21(15-12-20)29(3)4/h6-17,22H,5H2,1-4H3/b16-13+,23-17-. The molecule has 0 bridgehead atoms. The van der Waals surface area contributed by atoms with Crippen molar-refractivity contribution in [1.29, 1.82) is 0 Å². The van der Waals surface area contributed by atoms with Crippen LogP contribution in [0.15, 0.2) is 81.7 Å². The first-order valence-corrected chi connectivity index (χ1v) is 11.9. The molecular weight excluding hydrogens is 446 g/mol. The van der Waals surface area contributed by atoms with E-state index >= 15 is 0 Å². The van der Waals surface area contributed by atoms with Crippen LogP contribution in [0, 0.1) is 0 Å². The Morgan fingerprint density at radius 2 is 1.82 bits per heavy atom. The molecule has 0 radical (unpaired) electrons. The normalized spacial score (nSPS) is 15.9. The molecular formula is C27H27N3O3S. The van der Waals surface area contributed by atoms with Crippen molar-refractivity contribution in [2.45, 2.75) is 19.9 Å². The number of thiazole rings is 1. The van der Waals surface area contributed by atoms with Crippen LogP contribution in [0.4, 0.5) is 5.69 Å². The first kappa shape index (κ1) is 23.4. The van der Waals surface area contributed by atoms with Gasteiger partial charge in [-0.25, -0.2) is 9.79 Å². The lowest BCUT2D eigenvalue weighted by molar-refractivity contribution is -0.139. The van der Waals surface area contributed by atoms with E-state index < -0.39 is 12.0 Å². The summed E-state index contributed by atoms with van der Waals surface area (Å²) in [7, 11) is 3.97. The van der Waals surface area contributed by atoms with Gasteiger partial charge in [-0.05, 0) is 43.2 Å². The third-order valence-corrected chi connectivity index (χ3v) is 6.52. The summed E-state index contributed by atoms with van der Waals surface area (Å²) >= 11 is 1.32. The second kappa shape index (κ2) is 10.1. The maximum Gasteiger partial charge on any atom is 0.338 e. The lowest BCUT2D eigenvalue weighted by Gasteiger charge is -2.21. The quantitative estimate of drug-likeness (QED) is 0.514. The van der Waals surface area contributed by atoms with E-state index in [-0.39, 0.29) is 12.2 Å². The van der Waals surface area contributed by atoms with Crippen LogP contribution in [0.1, 0.15) is 31.0 Å². The Kier molecular flexibility index (Phi) is 6.93. The van der Waals surface area contributed by atoms with Crippen molar-refractivity contribution in [2.75, 3.05) is 25.6 Å². The Balaban J connectivity index is 1.83. The fourth-order valence-corrected chi connectivity index (χ4v) is 4.86. The summed E-state index contributed by atoms with van der Waals surface area (Å²) in [6.07, 6.45) is 5.65. The molecule has 0 amide bonds. The number of fused-ring (bicyclic) bond motifs is 1. The van der Waals surface area contributed by atoms with Gasteiger partial charge in [0.1, 0.15) is 0 Å². The van der Waals surface area contributed by atoms with Gasteiger partial charge in [-0.3, -0.25) is 9.36 Å². The Labute approximate surface area is 202 Å². The number of ether oxygens (including phenoxy) is 1. The van der Waals surface area contributed by atoms with Crippen LogP contribution in [-0.4, -0.2) is 31.2 Å². The molecule has 1 unspecified atom stereocenters. The highest BCUT2D eigenvalue weighted by Gasteiger charge is 2.30. The van der Waals surface area contributed by atoms with Crippen LogP contribution in [0.5, 0.6) is 0 Å². The predicted molar refractivity (Wildman–Crippen MR) is 138 cm³/mol. The number of hydrogen-bond acceptors (Lipinski definition) is 6. The summed E-state index contributed by atoms with van der Waals surface area (Å²) in [6, 6.07) is 17.2. The molecule has 1 aromatic heterocycles. The summed E-state index contributed by atoms with van der Waals surface area (Å²) < 4.78 is 7.46. The van der Waals surface area contributed by atoms with Crippen molar-refractivity contribution in [1.82, 2.24) is 4.57 Å². The zero-order chi connectivity index (χ0) is 24.2. The zero-order valence-electron chi connectivity index (χ0n) is 19.7. The number of aromatic nitrogens is 1. The minimum absolute atomic E-state index is 0.183. The van der Waals surface area contributed by atoms with Gasteiger partial charge in [0.15, 0.2) is 4.80 Å². The topological polar surface area (TPSA) is 63.9 Å². The number of esters is 1. The molecule has 0 saturated carbocycles. The lowest BCUT2D eigenvalue weighted by Crippen LogP contribution is -2.38. The third-order valence-electron chi connectivity index (χ3n) is 5.54. The molecule has 0 saturated heterocycles. The maximum atomic E-state index is 13.5. The van der Waals surface area contributed by atoms with E-state index in [0.717, 1.165) is 16.8 Å². The smallest absolute Gasteiger partial charge is 0.338 e. The van der Waals surface area contributed by atoms with E-state index in [9.17, 15) is 9.59 Å². The van der Waals surface area contributed by atoms with Crippen molar-refractivity contribution in [3.63, 3.8) is 0 Å². The van der Waals surface area contributed by atoms with E-state index in [1.165, 1.54) is 11.3 Å². The summed E-state index contributed by atoms with van der Waals surface area (Å²) in [5.41, 5.74) is 3.74. The number of hydrogen-bond donors (Lipinski definition) is 0. The van der Waals surface area contributed by atoms with Crippen LogP contribution >= 0.6 is 11.3 Å². The van der Waals surface area contributed by atoms with Crippen LogP contribution in [-0.2, 0) is 9.53 Å². The number of rotatable bonds is 6. The van der Waals surface area contributed by atoms with Gasteiger partial charge < -0.3 is 9.64 Å². The van der Waals surface area contributed by atoms with Gasteiger partial charge in [0.2, 0.25) is 0 Å². The van der Waals surface area contributed by atoms with E-state index in [2.05, 4.69) is 4.99 Å². The molecule has 7 heteroatoms. The Bertz CT molecular complexity index is 1430. The molecule has 1 aliphatic heterocycles. The average Bonchev–Trinajstić information content (AvgIpc) is 3.12. The number of nitrogens with zero attached hydrogens (tertiary/aromatic N) is 3. The SMILES string of the molecule is CCOC(=O)C1=C(C)N=c2s/c(=C\c3ccc(N(C)C)cc3)c(=O)n2C1/C=C/c1ccccc1. The molecule has 2 aromatic carbocycles. The van der Waals surface area contributed by atoms with Crippen molar-refractivity contribution in [3.05, 3.63) is 103 Å². The van der Waals surface area contributed by atoms with Gasteiger partial charge in [0.25, 0.3) is 5.56 Å².